The van der Waals surface area contributed by atoms with Crippen LogP contribution in [-0.2, 0) is 33.2 Å². The summed E-state index contributed by atoms with van der Waals surface area (Å²) in [6, 6.07) is -0.994. The largest absolute Gasteiger partial charge is 0.394 e. The molecule has 3 heterocycles. The summed E-state index contributed by atoms with van der Waals surface area (Å²) in [6.07, 6.45) is 37.3. The molecule has 0 spiro atoms. The van der Waals surface area contributed by atoms with Crippen LogP contribution in [0.15, 0.2) is 48.6 Å². The van der Waals surface area contributed by atoms with Crippen molar-refractivity contribution in [1.82, 2.24) is 5.32 Å². The topological polar surface area (TPSA) is 307 Å². The van der Waals surface area contributed by atoms with Gasteiger partial charge in [0.25, 0.3) is 0 Å². The zero-order valence-corrected chi connectivity index (χ0v) is 55.6. The molecule has 3 fully saturated rings. The molecule has 3 saturated heterocycles. The molecular formula is C71H129NO18. The van der Waals surface area contributed by atoms with Crippen LogP contribution in [0.2, 0.25) is 0 Å². The molecule has 19 heteroatoms. The number of carbonyl (C=O) groups is 1. The maximum Gasteiger partial charge on any atom is 0.220 e. The van der Waals surface area contributed by atoms with Crippen LogP contribution < -0.4 is 5.32 Å². The van der Waals surface area contributed by atoms with Crippen molar-refractivity contribution in [2.45, 2.75) is 369 Å². The summed E-state index contributed by atoms with van der Waals surface area (Å²) in [6.45, 7) is 1.58. The van der Waals surface area contributed by atoms with Gasteiger partial charge in [0, 0.05) is 6.42 Å². The number of aliphatic hydroxyl groups is 11. The lowest BCUT2D eigenvalue weighted by Gasteiger charge is -2.48. The van der Waals surface area contributed by atoms with Crippen molar-refractivity contribution in [2.24, 2.45) is 0 Å². The average molecular weight is 1280 g/mol. The van der Waals surface area contributed by atoms with Crippen LogP contribution in [0, 0.1) is 0 Å². The van der Waals surface area contributed by atoms with E-state index in [1.54, 1.807) is 6.08 Å². The van der Waals surface area contributed by atoms with E-state index in [0.717, 1.165) is 44.9 Å². The quantitative estimate of drug-likeness (QED) is 0.0199. The van der Waals surface area contributed by atoms with Gasteiger partial charge in [-0.15, -0.1) is 0 Å². The molecule has 3 aliphatic heterocycles. The van der Waals surface area contributed by atoms with Crippen LogP contribution in [0.4, 0.5) is 0 Å². The molecule has 0 saturated carbocycles. The first kappa shape index (κ1) is 82.0. The second-order valence-electron chi connectivity index (χ2n) is 25.6. The Morgan fingerprint density at radius 2 is 0.744 bits per heavy atom. The first-order chi connectivity index (χ1) is 43.8. The molecular weight excluding hydrogens is 1150 g/mol. The fourth-order valence-electron chi connectivity index (χ4n) is 12.1. The van der Waals surface area contributed by atoms with Gasteiger partial charge in [-0.05, 0) is 64.2 Å². The molecule has 17 unspecified atom stereocenters. The molecule has 0 aromatic rings. The number of ether oxygens (including phenoxy) is 6. The number of aliphatic hydroxyl groups excluding tert-OH is 11. The van der Waals surface area contributed by atoms with Crippen molar-refractivity contribution in [3.8, 4) is 0 Å². The third-order valence-electron chi connectivity index (χ3n) is 17.8. The van der Waals surface area contributed by atoms with Crippen LogP contribution in [-0.4, -0.2) is 193 Å². The van der Waals surface area contributed by atoms with Gasteiger partial charge in [0.15, 0.2) is 18.9 Å². The number of hydrogen-bond donors (Lipinski definition) is 12. The Morgan fingerprint density at radius 1 is 0.400 bits per heavy atom. The van der Waals surface area contributed by atoms with Gasteiger partial charge in [-0.2, -0.15) is 0 Å². The fourth-order valence-corrected chi connectivity index (χ4v) is 12.1. The predicted octanol–water partition coefficient (Wildman–Crippen LogP) is 9.78. The van der Waals surface area contributed by atoms with Crippen LogP contribution in [0.1, 0.15) is 264 Å². The predicted molar refractivity (Wildman–Crippen MR) is 351 cm³/mol. The normalized spacial score (nSPS) is 28.3. The highest BCUT2D eigenvalue weighted by Crippen LogP contribution is 2.33. The van der Waals surface area contributed by atoms with E-state index in [-0.39, 0.29) is 18.9 Å². The lowest BCUT2D eigenvalue weighted by atomic mass is 9.96. The summed E-state index contributed by atoms with van der Waals surface area (Å²) in [5.41, 5.74) is 0. The third-order valence-corrected chi connectivity index (χ3v) is 17.8. The van der Waals surface area contributed by atoms with Gasteiger partial charge >= 0.3 is 0 Å². The number of allylic oxidation sites excluding steroid dienone is 7. The van der Waals surface area contributed by atoms with E-state index in [1.807, 2.05) is 6.08 Å². The molecule has 0 aromatic heterocycles. The molecule has 17 atom stereocenters. The maximum atomic E-state index is 13.3. The highest BCUT2D eigenvalue weighted by molar-refractivity contribution is 5.76. The van der Waals surface area contributed by atoms with Crippen molar-refractivity contribution < 1.29 is 89.4 Å². The Morgan fingerprint density at radius 3 is 1.17 bits per heavy atom. The van der Waals surface area contributed by atoms with Gasteiger partial charge in [0.2, 0.25) is 5.91 Å². The highest BCUT2D eigenvalue weighted by atomic mass is 16.8. The Kier molecular flexibility index (Phi) is 48.2. The van der Waals surface area contributed by atoms with E-state index in [9.17, 15) is 61.0 Å². The van der Waals surface area contributed by atoms with E-state index in [4.69, 9.17) is 28.4 Å². The summed E-state index contributed by atoms with van der Waals surface area (Å²) in [4.78, 5) is 13.3. The zero-order chi connectivity index (χ0) is 65.4. The van der Waals surface area contributed by atoms with E-state index in [1.165, 1.54) is 186 Å². The Hall–Kier alpha value is -2.25. The Bertz CT molecular complexity index is 1820. The van der Waals surface area contributed by atoms with Crippen LogP contribution in [0.25, 0.3) is 0 Å². The van der Waals surface area contributed by atoms with Gasteiger partial charge in [-0.3, -0.25) is 4.79 Å². The molecule has 526 valence electrons. The van der Waals surface area contributed by atoms with Crippen LogP contribution in [0.5, 0.6) is 0 Å². The summed E-state index contributed by atoms with van der Waals surface area (Å²) in [5.74, 6) is -0.289. The summed E-state index contributed by atoms with van der Waals surface area (Å²) >= 11 is 0. The van der Waals surface area contributed by atoms with E-state index >= 15 is 0 Å². The van der Waals surface area contributed by atoms with E-state index in [0.29, 0.717) is 12.8 Å². The Balaban J connectivity index is 1.30. The third kappa shape index (κ3) is 34.4. The SMILES string of the molecule is CC/C=C/CC/C=C/CC/C=C/C(O)C(COC1OC(CO)C(OC2OC(CO)C(OC3OC(CO)C(O)C(O)C3O)C(O)C2O)C(O)C1O)NC(=O)CCCCCCCCCCCCCCCCCCCCCCCCC/C=C\CCCCCCCCCC. The Labute approximate surface area is 542 Å². The molecule has 90 heavy (non-hydrogen) atoms. The van der Waals surface area contributed by atoms with Crippen molar-refractivity contribution in [1.29, 1.82) is 0 Å². The van der Waals surface area contributed by atoms with Gasteiger partial charge in [-0.25, -0.2) is 0 Å². The monoisotopic (exact) mass is 1280 g/mol. The van der Waals surface area contributed by atoms with Gasteiger partial charge < -0.3 is 89.9 Å². The summed E-state index contributed by atoms with van der Waals surface area (Å²) in [7, 11) is 0. The van der Waals surface area contributed by atoms with Crippen molar-refractivity contribution in [3.63, 3.8) is 0 Å². The van der Waals surface area contributed by atoms with E-state index < -0.39 is 124 Å². The second-order valence-corrected chi connectivity index (χ2v) is 25.6. The molecule has 1 amide bonds. The van der Waals surface area contributed by atoms with Crippen LogP contribution in [0.3, 0.4) is 0 Å². The number of amides is 1. The lowest BCUT2D eigenvalue weighted by molar-refractivity contribution is -0.379. The minimum atomic E-state index is -1.98. The molecule has 0 radical (unpaired) electrons. The van der Waals surface area contributed by atoms with Crippen LogP contribution >= 0.6 is 0 Å². The molecule has 19 nitrogen and oxygen atoms in total. The molecule has 0 bridgehead atoms. The second kappa shape index (κ2) is 53.0. The van der Waals surface area contributed by atoms with Crippen molar-refractivity contribution in [2.75, 3.05) is 26.4 Å². The van der Waals surface area contributed by atoms with Gasteiger partial charge in [-0.1, -0.05) is 242 Å². The minimum absolute atomic E-state index is 0.234. The number of nitrogens with one attached hydrogen (secondary N) is 1. The molecule has 12 N–H and O–H groups in total. The standard InChI is InChI=1S/C71H129NO18/c1-3-5-7-9-11-13-15-16-17-18-19-20-21-22-23-24-25-26-27-28-29-30-31-32-33-34-35-36-37-38-39-41-43-45-47-49-59(77)72-54(55(76)48-46-44-42-40-14-12-10-8-6-4-2)53-85-69-65(83)62(80)67(57(51-74)87-69)90-71-66(84)63(81)68(58(52-75)88-71)89-70-64(82)61(79)60(78)56(50-73)86-70/h6,8,14,18-19,40,46,48,54-58,60-71,73-76,78-84H,3-5,7,9-13,15-17,20-39,41-45,47,49-53H2,1-2H3,(H,72,77)/b8-6+,19-18-,40-14+,48-46+. The first-order valence-corrected chi connectivity index (χ1v) is 35.9. The number of unbranched alkanes of at least 4 members (excludes halogenated alkanes) is 33. The summed E-state index contributed by atoms with van der Waals surface area (Å²) < 4.78 is 34.2. The fraction of sp³-hybridized carbons (Fsp3) is 0.873. The van der Waals surface area contributed by atoms with Crippen molar-refractivity contribution >= 4 is 5.91 Å². The number of carbonyl (C=O) groups excluding carboxylic acids is 1. The zero-order valence-electron chi connectivity index (χ0n) is 55.6. The average Bonchev–Trinajstić information content (AvgIpc) is 0.881. The van der Waals surface area contributed by atoms with Gasteiger partial charge in [0.1, 0.15) is 73.2 Å². The molecule has 3 rings (SSSR count). The molecule has 0 aliphatic carbocycles. The highest BCUT2D eigenvalue weighted by Gasteiger charge is 2.53. The molecule has 0 aromatic carbocycles. The number of rotatable bonds is 55. The maximum absolute atomic E-state index is 13.3. The first-order valence-electron chi connectivity index (χ1n) is 35.9. The van der Waals surface area contributed by atoms with E-state index in [2.05, 4.69) is 55.6 Å². The minimum Gasteiger partial charge on any atom is -0.394 e. The molecule has 3 aliphatic rings. The van der Waals surface area contributed by atoms with Crippen molar-refractivity contribution in [3.05, 3.63) is 48.6 Å². The lowest BCUT2D eigenvalue weighted by Crippen LogP contribution is -2.66. The smallest absolute Gasteiger partial charge is 0.220 e. The van der Waals surface area contributed by atoms with Gasteiger partial charge in [0.05, 0.1) is 38.6 Å². The number of hydrogen-bond acceptors (Lipinski definition) is 18. The summed E-state index contributed by atoms with van der Waals surface area (Å²) in [5, 5.41) is 120.